The predicted octanol–water partition coefficient (Wildman–Crippen LogP) is -0.557. The maximum absolute atomic E-state index is 5.32. The summed E-state index contributed by atoms with van der Waals surface area (Å²) in [5.74, 6) is 0. The Hall–Kier alpha value is 1.63. The standard InChI is InChI=1S/C13H8.K.V.Y/c1-4-8-11(2)12(3)13-9-6-5-7-10-13;;;/h1,4,6-9H,3H2;;;/q-4;+1;;/b11-8+;;;. The first-order chi connectivity index (χ1) is 6.79. The van der Waals surface area contributed by atoms with E-state index in [-0.39, 0.29) is 84.1 Å². The van der Waals surface area contributed by atoms with E-state index in [0.717, 1.165) is 16.7 Å². The Balaban J connectivity index is 0. The molecule has 0 amide bonds. The van der Waals surface area contributed by atoms with Gasteiger partial charge in [-0.2, -0.15) is 0 Å². The Morgan fingerprint density at radius 2 is 2.25 bits per heavy atom. The number of allylic oxidation sites excluding steroid dienone is 4. The van der Waals surface area contributed by atoms with E-state index in [1.54, 1.807) is 12.1 Å². The van der Waals surface area contributed by atoms with Crippen LogP contribution < -0.4 is 51.4 Å². The van der Waals surface area contributed by atoms with Gasteiger partial charge < -0.3 is 0 Å². The second kappa shape index (κ2) is 11.7. The van der Waals surface area contributed by atoms with Crippen molar-refractivity contribution >= 4 is 10.3 Å². The molecule has 0 heterocycles. The van der Waals surface area contributed by atoms with Crippen molar-refractivity contribution in [1.82, 2.24) is 0 Å². The zero-order valence-electron chi connectivity index (χ0n) is 9.20. The fourth-order valence-corrected chi connectivity index (χ4v) is 1.31. The molecule has 3 heteroatoms. The first kappa shape index (κ1) is 20.0. The molecule has 0 saturated carbocycles. The molecular weight excluding hydrogens is 335 g/mol. The zero-order valence-corrected chi connectivity index (χ0v) is 16.6. The first-order valence-corrected chi connectivity index (χ1v) is 4.72. The van der Waals surface area contributed by atoms with Crippen LogP contribution in [0.15, 0.2) is 42.5 Å². The average molecular weight is 343 g/mol. The minimum Gasteiger partial charge on any atom is 0 e. The largest absolute Gasteiger partial charge is 1.00 e. The minimum atomic E-state index is 0. The van der Waals surface area contributed by atoms with Crippen LogP contribution in [0.25, 0.3) is 5.57 Å². The van der Waals surface area contributed by atoms with Gasteiger partial charge in [0.25, 0.3) is 0 Å². The monoisotopic (exact) mass is 343 g/mol. The van der Waals surface area contributed by atoms with Gasteiger partial charge in [0.1, 0.15) is 0 Å². The SMILES string of the molecule is [CH-]=C/C=C(\[C-]=[V])C(=C)c1[c-]c[c-]cc1.[K+].[Y]. The van der Waals surface area contributed by atoms with E-state index in [9.17, 15) is 0 Å². The van der Waals surface area contributed by atoms with Crippen LogP contribution >= 0.6 is 0 Å². The van der Waals surface area contributed by atoms with E-state index >= 15 is 0 Å². The van der Waals surface area contributed by atoms with E-state index in [2.05, 4.69) is 40.4 Å². The Kier molecular flexibility index (Phi) is 14.6. The van der Waals surface area contributed by atoms with Crippen molar-refractivity contribution in [2.24, 2.45) is 0 Å². The van der Waals surface area contributed by atoms with E-state index in [1.807, 2.05) is 12.1 Å². The molecule has 0 aromatic heterocycles. The van der Waals surface area contributed by atoms with Gasteiger partial charge in [0, 0.05) is 32.7 Å². The summed E-state index contributed by atoms with van der Waals surface area (Å²) in [5, 5.41) is 0. The van der Waals surface area contributed by atoms with Crippen LogP contribution in [-0.2, 0) is 49.7 Å². The van der Waals surface area contributed by atoms with Crippen LogP contribution in [0.1, 0.15) is 5.56 Å². The zero-order chi connectivity index (χ0) is 10.4. The van der Waals surface area contributed by atoms with Gasteiger partial charge in [-0.3, -0.25) is 0 Å². The normalized spacial score (nSPS) is 9.31. The number of hydrogen-bond acceptors (Lipinski definition) is 0. The van der Waals surface area contributed by atoms with Crippen molar-refractivity contribution in [3.05, 3.63) is 66.8 Å². The van der Waals surface area contributed by atoms with Crippen LogP contribution in [0.5, 0.6) is 0 Å². The van der Waals surface area contributed by atoms with Crippen LogP contribution in [0.2, 0.25) is 0 Å². The van der Waals surface area contributed by atoms with Gasteiger partial charge in [-0.25, -0.2) is 0 Å². The third-order valence-electron chi connectivity index (χ3n) is 1.69. The Bertz CT molecular complexity index is 382. The van der Waals surface area contributed by atoms with Crippen molar-refractivity contribution in [3.8, 4) is 0 Å². The van der Waals surface area contributed by atoms with Gasteiger partial charge in [0.15, 0.2) is 0 Å². The van der Waals surface area contributed by atoms with Crippen molar-refractivity contribution in [2.45, 2.75) is 0 Å². The van der Waals surface area contributed by atoms with Crippen molar-refractivity contribution < 1.29 is 101 Å². The van der Waals surface area contributed by atoms with Gasteiger partial charge in [-0.15, -0.1) is 0 Å². The predicted molar refractivity (Wildman–Crippen MR) is 55.1 cm³/mol. The molecule has 0 spiro atoms. The summed E-state index contributed by atoms with van der Waals surface area (Å²) in [6.45, 7) is 9.27. The van der Waals surface area contributed by atoms with Gasteiger partial charge in [-0.1, -0.05) is 0 Å². The van der Waals surface area contributed by atoms with E-state index < -0.39 is 0 Å². The summed E-state index contributed by atoms with van der Waals surface area (Å²) in [6, 6.07) is 11.4. The van der Waals surface area contributed by atoms with Gasteiger partial charge in [-0.05, 0) is 0 Å². The number of rotatable bonds is 4. The van der Waals surface area contributed by atoms with Crippen LogP contribution in [0.3, 0.4) is 0 Å². The molecule has 72 valence electrons. The Morgan fingerprint density at radius 1 is 1.56 bits per heavy atom. The van der Waals surface area contributed by atoms with Gasteiger partial charge >= 0.3 is 145 Å². The minimum absolute atomic E-state index is 0. The van der Waals surface area contributed by atoms with Gasteiger partial charge in [0.2, 0.25) is 0 Å². The smallest absolute Gasteiger partial charge is 0 e. The number of hydrogen-bond donors (Lipinski definition) is 0. The van der Waals surface area contributed by atoms with Crippen molar-refractivity contribution in [3.63, 3.8) is 0 Å². The number of benzene rings is 1. The van der Waals surface area contributed by atoms with Crippen LogP contribution in [-0.4, -0.2) is 4.73 Å². The molecule has 0 aliphatic rings. The van der Waals surface area contributed by atoms with E-state index in [0.29, 0.717) is 0 Å². The molecule has 0 N–H and O–H groups in total. The molecule has 16 heavy (non-hydrogen) atoms. The Morgan fingerprint density at radius 3 is 2.69 bits per heavy atom. The summed E-state index contributed by atoms with van der Waals surface area (Å²) in [4.78, 5) is 0. The second-order valence-electron chi connectivity index (χ2n) is 2.57. The quantitative estimate of drug-likeness (QED) is 0.391. The molecule has 1 radical (unpaired) electrons. The topological polar surface area (TPSA) is 0 Å². The summed E-state index contributed by atoms with van der Waals surface area (Å²) in [7, 11) is 0. The molecule has 0 unspecified atom stereocenters. The second-order valence-corrected chi connectivity index (χ2v) is 2.91. The fourth-order valence-electron chi connectivity index (χ4n) is 0.981. The first-order valence-electron chi connectivity index (χ1n) is 4.02. The Labute approximate surface area is 174 Å². The molecule has 0 fully saturated rings. The summed E-state index contributed by atoms with van der Waals surface area (Å²) < 4.78 is 2.96. The molecule has 1 aromatic rings. The molecule has 1 rings (SSSR count). The molecule has 0 aliphatic carbocycles. The van der Waals surface area contributed by atoms with E-state index in [1.165, 1.54) is 6.08 Å². The van der Waals surface area contributed by atoms with Crippen molar-refractivity contribution in [1.29, 1.82) is 0 Å². The van der Waals surface area contributed by atoms with Gasteiger partial charge in [0.05, 0.1) is 0 Å². The molecule has 1 aromatic carbocycles. The molecule has 0 bridgehead atoms. The summed E-state index contributed by atoms with van der Waals surface area (Å²) in [6.07, 6.45) is 3.22. The average Bonchev–Trinajstić information content (AvgIpc) is 2.26. The van der Waals surface area contributed by atoms with Crippen molar-refractivity contribution in [2.75, 3.05) is 0 Å². The molecule has 0 aliphatic heterocycles. The molecular formula is C13H8KVY-3. The molecule has 0 nitrogen and oxygen atoms in total. The molecule has 0 saturated heterocycles. The fraction of sp³-hybridized carbons (Fsp3) is 0. The third-order valence-corrected chi connectivity index (χ3v) is 2.07. The van der Waals surface area contributed by atoms with Crippen LogP contribution in [0.4, 0.5) is 0 Å². The molecule has 0 atom stereocenters. The summed E-state index contributed by atoms with van der Waals surface area (Å²) >= 11 is 2.27. The van der Waals surface area contributed by atoms with Crippen LogP contribution in [0, 0.1) is 18.7 Å². The van der Waals surface area contributed by atoms with E-state index in [4.69, 9.17) is 6.58 Å². The maximum Gasteiger partial charge on any atom is 1.00 e. The maximum atomic E-state index is 5.32. The third kappa shape index (κ3) is 6.54. The summed E-state index contributed by atoms with van der Waals surface area (Å²) in [5.41, 5.74) is 2.63.